The lowest BCUT2D eigenvalue weighted by Crippen LogP contribution is -2.05. The van der Waals surface area contributed by atoms with Gasteiger partial charge in [-0.25, -0.2) is 4.79 Å². The minimum Gasteiger partial charge on any atom is -0.478 e. The average molecular weight is 253 g/mol. The summed E-state index contributed by atoms with van der Waals surface area (Å²) in [6.45, 7) is -0.0646. The molecule has 6 heteroatoms. The second-order valence-electron chi connectivity index (χ2n) is 3.04. The van der Waals surface area contributed by atoms with E-state index in [0.717, 1.165) is 0 Å². The number of carboxylic acid groups (broad SMARTS) is 1. The zero-order chi connectivity index (χ0) is 13.8. The van der Waals surface area contributed by atoms with Crippen molar-refractivity contribution in [3.63, 3.8) is 0 Å². The van der Waals surface area contributed by atoms with Crippen LogP contribution in [0.4, 0.5) is 0 Å². The Morgan fingerprint density at radius 3 is 2.50 bits per heavy atom. The maximum Gasteiger partial charge on any atom is 0.337 e. The zero-order valence-corrected chi connectivity index (χ0v) is 9.70. The lowest BCUT2D eigenvalue weighted by atomic mass is 10.1. The summed E-state index contributed by atoms with van der Waals surface area (Å²) < 4.78 is 0. The Morgan fingerprint density at radius 2 is 2.06 bits per heavy atom. The Hall–Kier alpha value is -2.10. The molecule has 0 fully saturated rings. The van der Waals surface area contributed by atoms with E-state index >= 15 is 0 Å². The van der Waals surface area contributed by atoms with Crippen molar-refractivity contribution >= 4 is 5.97 Å². The van der Waals surface area contributed by atoms with E-state index in [2.05, 4.69) is 10.9 Å². The third-order valence-electron chi connectivity index (χ3n) is 1.79. The highest BCUT2D eigenvalue weighted by atomic mass is 16.4. The first-order chi connectivity index (χ1) is 8.67. The molecule has 0 saturated heterocycles. The Kier molecular flexibility index (Phi) is 8.90. The molecule has 0 radical (unpaired) electrons. The lowest BCUT2D eigenvalue weighted by molar-refractivity contribution is 0.0695. The van der Waals surface area contributed by atoms with Crippen LogP contribution in [0, 0.1) is 12.0 Å². The number of hydrogen-bond donors (Lipinski definition) is 4. The standard InChI is InChI=1S/C8H9NO3.C4H6O2/c10-5-3-7-6(8(11)12)2-1-4-9-7;5-3-1-2-4-6/h1-2,4,10H,3,5H2,(H,11,12);5-6H,1,3H2. The van der Waals surface area contributed by atoms with E-state index in [1.807, 2.05) is 0 Å². The van der Waals surface area contributed by atoms with E-state index in [1.54, 1.807) is 12.2 Å². The summed E-state index contributed by atoms with van der Waals surface area (Å²) in [4.78, 5) is 14.4. The van der Waals surface area contributed by atoms with Crippen LogP contribution in [0.25, 0.3) is 0 Å². The molecule has 0 spiro atoms. The summed E-state index contributed by atoms with van der Waals surface area (Å²) >= 11 is 0. The third kappa shape index (κ3) is 6.48. The molecule has 0 unspecified atom stereocenters. The molecule has 0 bridgehead atoms. The largest absolute Gasteiger partial charge is 0.478 e. The number of carbonyl (C=O) groups is 1. The number of hydrogen-bond acceptors (Lipinski definition) is 5. The van der Waals surface area contributed by atoms with Crippen molar-refractivity contribution in [2.45, 2.75) is 12.8 Å². The quantitative estimate of drug-likeness (QED) is 0.563. The van der Waals surface area contributed by atoms with Gasteiger partial charge in [-0.05, 0) is 12.1 Å². The number of aromatic carboxylic acids is 1. The second-order valence-corrected chi connectivity index (χ2v) is 3.04. The first-order valence-electron chi connectivity index (χ1n) is 5.18. The highest BCUT2D eigenvalue weighted by Crippen LogP contribution is 2.05. The highest BCUT2D eigenvalue weighted by molar-refractivity contribution is 5.88. The smallest absolute Gasteiger partial charge is 0.337 e. The average Bonchev–Trinajstić information content (AvgIpc) is 2.38. The Labute approximate surface area is 105 Å². The second kappa shape index (κ2) is 10.1. The third-order valence-corrected chi connectivity index (χ3v) is 1.79. The predicted octanol–water partition coefficient (Wildman–Crippen LogP) is 0.0168. The van der Waals surface area contributed by atoms with Crippen molar-refractivity contribution in [2.75, 3.05) is 13.2 Å². The van der Waals surface area contributed by atoms with Crippen molar-refractivity contribution in [3.8, 4) is 12.0 Å². The van der Waals surface area contributed by atoms with Crippen LogP contribution >= 0.6 is 0 Å². The summed E-state index contributed by atoms with van der Waals surface area (Å²) in [6.07, 6.45) is 3.81. The molecular weight excluding hydrogens is 238 g/mol. The zero-order valence-electron chi connectivity index (χ0n) is 9.70. The van der Waals surface area contributed by atoms with Gasteiger partial charge in [0.25, 0.3) is 0 Å². The minimum atomic E-state index is -1.01. The van der Waals surface area contributed by atoms with Gasteiger partial charge in [-0.2, -0.15) is 0 Å². The Morgan fingerprint density at radius 1 is 1.33 bits per heavy atom. The van der Waals surface area contributed by atoms with Gasteiger partial charge in [0.05, 0.1) is 17.9 Å². The molecule has 0 aliphatic heterocycles. The normalized spacial score (nSPS) is 8.56. The van der Waals surface area contributed by atoms with Gasteiger partial charge in [0, 0.05) is 25.6 Å². The maximum absolute atomic E-state index is 10.6. The van der Waals surface area contributed by atoms with E-state index in [4.69, 9.17) is 20.4 Å². The van der Waals surface area contributed by atoms with Gasteiger partial charge in [0.15, 0.2) is 0 Å². The number of aliphatic hydroxyl groups excluding tert-OH is 3. The Bertz CT molecular complexity index is 422. The van der Waals surface area contributed by atoms with Crippen molar-refractivity contribution in [2.24, 2.45) is 0 Å². The van der Waals surface area contributed by atoms with Crippen LogP contribution < -0.4 is 0 Å². The molecule has 6 nitrogen and oxygen atoms in total. The van der Waals surface area contributed by atoms with Crippen LogP contribution in [-0.4, -0.2) is 44.6 Å². The van der Waals surface area contributed by atoms with Crippen LogP contribution in [0.1, 0.15) is 22.5 Å². The van der Waals surface area contributed by atoms with Gasteiger partial charge in [0.2, 0.25) is 0 Å². The van der Waals surface area contributed by atoms with Gasteiger partial charge < -0.3 is 20.4 Å². The fraction of sp³-hybridized carbons (Fsp3) is 0.333. The van der Waals surface area contributed by atoms with E-state index in [1.165, 1.54) is 12.3 Å². The fourth-order valence-corrected chi connectivity index (χ4v) is 1.05. The molecule has 0 aliphatic rings. The van der Waals surface area contributed by atoms with Crippen LogP contribution in [0.2, 0.25) is 0 Å². The van der Waals surface area contributed by atoms with E-state index in [-0.39, 0.29) is 25.2 Å². The topological polar surface area (TPSA) is 111 Å². The van der Waals surface area contributed by atoms with Crippen molar-refractivity contribution in [1.29, 1.82) is 0 Å². The van der Waals surface area contributed by atoms with Crippen LogP contribution in [0.15, 0.2) is 18.3 Å². The highest BCUT2D eigenvalue weighted by Gasteiger charge is 2.08. The molecule has 18 heavy (non-hydrogen) atoms. The number of nitrogens with zero attached hydrogens (tertiary/aromatic N) is 1. The Balaban J connectivity index is 0.000000411. The molecular formula is C12H15NO5. The van der Waals surface area contributed by atoms with Gasteiger partial charge in [0.1, 0.15) is 6.11 Å². The summed E-state index contributed by atoms with van der Waals surface area (Å²) in [5.74, 6) is 1.25. The molecule has 4 N–H and O–H groups in total. The van der Waals surface area contributed by atoms with Crippen LogP contribution in [0.5, 0.6) is 0 Å². The first kappa shape index (κ1) is 15.9. The predicted molar refractivity (Wildman–Crippen MR) is 63.4 cm³/mol. The molecule has 1 aromatic rings. The number of pyridine rings is 1. The molecule has 0 amide bonds. The number of aromatic nitrogens is 1. The molecule has 1 heterocycles. The molecule has 98 valence electrons. The number of aliphatic hydroxyl groups is 3. The fourth-order valence-electron chi connectivity index (χ4n) is 1.05. The van der Waals surface area contributed by atoms with Gasteiger partial charge in [-0.3, -0.25) is 4.98 Å². The van der Waals surface area contributed by atoms with E-state index < -0.39 is 5.97 Å². The van der Waals surface area contributed by atoms with E-state index in [9.17, 15) is 4.79 Å². The maximum atomic E-state index is 10.6. The summed E-state index contributed by atoms with van der Waals surface area (Å²) in [7, 11) is 0. The molecule has 1 rings (SSSR count). The molecule has 0 atom stereocenters. The van der Waals surface area contributed by atoms with Gasteiger partial charge in [-0.1, -0.05) is 5.92 Å². The number of rotatable bonds is 4. The minimum absolute atomic E-state index is 0.0214. The SMILES string of the molecule is O=C(O)c1cccnc1CCO.OC#CCCO. The molecule has 1 aromatic heterocycles. The summed E-state index contributed by atoms with van der Waals surface area (Å²) in [6, 6.07) is 3.03. The summed E-state index contributed by atoms with van der Waals surface area (Å²) in [5, 5.41) is 33.0. The molecule has 0 saturated carbocycles. The first-order valence-corrected chi connectivity index (χ1v) is 5.18. The van der Waals surface area contributed by atoms with Crippen molar-refractivity contribution in [1.82, 2.24) is 4.98 Å². The van der Waals surface area contributed by atoms with Gasteiger partial charge in [-0.15, -0.1) is 0 Å². The summed E-state index contributed by atoms with van der Waals surface area (Å²) in [5.41, 5.74) is 0.582. The van der Waals surface area contributed by atoms with Crippen LogP contribution in [0.3, 0.4) is 0 Å². The lowest BCUT2D eigenvalue weighted by Gasteiger charge is -2.00. The molecule has 0 aliphatic carbocycles. The van der Waals surface area contributed by atoms with Crippen molar-refractivity contribution in [3.05, 3.63) is 29.6 Å². The number of carboxylic acids is 1. The van der Waals surface area contributed by atoms with Crippen molar-refractivity contribution < 1.29 is 25.2 Å². The van der Waals surface area contributed by atoms with Gasteiger partial charge >= 0.3 is 5.97 Å². The van der Waals surface area contributed by atoms with E-state index in [0.29, 0.717) is 12.1 Å². The monoisotopic (exact) mass is 253 g/mol. The molecule has 0 aromatic carbocycles. The van der Waals surface area contributed by atoms with Crippen LogP contribution in [-0.2, 0) is 6.42 Å².